The van der Waals surface area contributed by atoms with Crippen molar-refractivity contribution >= 4 is 46.0 Å². The molecule has 0 saturated carbocycles. The summed E-state index contributed by atoms with van der Waals surface area (Å²) in [5.41, 5.74) is 0.728. The summed E-state index contributed by atoms with van der Waals surface area (Å²) in [6, 6.07) is 8.31. The Morgan fingerprint density at radius 1 is 1.33 bits per heavy atom. The number of para-hydroxylation sites is 1. The Hall–Kier alpha value is -2.38. The van der Waals surface area contributed by atoms with Gasteiger partial charge in [-0.3, -0.25) is 9.59 Å². The van der Waals surface area contributed by atoms with Crippen molar-refractivity contribution in [3.05, 3.63) is 36.1 Å². The van der Waals surface area contributed by atoms with Crippen molar-refractivity contribution in [1.82, 2.24) is 10.2 Å². The van der Waals surface area contributed by atoms with E-state index in [0.717, 1.165) is 23.7 Å². The first-order valence-electron chi connectivity index (χ1n) is 9.10. The van der Waals surface area contributed by atoms with Gasteiger partial charge in [0.15, 0.2) is 5.78 Å². The highest BCUT2D eigenvalue weighted by Crippen LogP contribution is 2.25. The molecule has 0 aliphatic carbocycles. The molecule has 4 rings (SSSR count). The Balaban J connectivity index is 1.52. The SMILES string of the molecule is O=C[C@@H]1CCCN1C(=O)[C@H]1NCC(=S)C1C(=O)Cc1cc2ccccc2o1. The second-order valence-electron chi connectivity index (χ2n) is 7.07. The van der Waals surface area contributed by atoms with Gasteiger partial charge in [-0.25, -0.2) is 0 Å². The summed E-state index contributed by atoms with van der Waals surface area (Å²) >= 11 is 5.37. The van der Waals surface area contributed by atoms with Gasteiger partial charge < -0.3 is 19.4 Å². The van der Waals surface area contributed by atoms with Gasteiger partial charge >= 0.3 is 0 Å². The van der Waals surface area contributed by atoms with Crippen molar-refractivity contribution in [2.75, 3.05) is 13.1 Å². The van der Waals surface area contributed by atoms with Gasteiger partial charge in [0.1, 0.15) is 23.7 Å². The summed E-state index contributed by atoms with van der Waals surface area (Å²) in [6.07, 6.45) is 2.36. The molecule has 3 atom stereocenters. The zero-order valence-corrected chi connectivity index (χ0v) is 15.5. The van der Waals surface area contributed by atoms with Gasteiger partial charge in [-0.1, -0.05) is 30.4 Å². The first-order valence-corrected chi connectivity index (χ1v) is 9.51. The molecule has 1 aromatic carbocycles. The number of nitrogens with one attached hydrogen (secondary N) is 1. The average molecular weight is 384 g/mol. The number of nitrogens with zero attached hydrogens (tertiary/aromatic N) is 1. The predicted molar refractivity (Wildman–Crippen MR) is 104 cm³/mol. The topological polar surface area (TPSA) is 79.6 Å². The van der Waals surface area contributed by atoms with E-state index in [2.05, 4.69) is 5.32 Å². The highest BCUT2D eigenvalue weighted by molar-refractivity contribution is 7.80. The molecule has 1 aromatic heterocycles. The molecule has 140 valence electrons. The number of likely N-dealkylation sites (tertiary alicyclic amines) is 1. The maximum atomic E-state index is 13.0. The molecule has 2 aliphatic rings. The van der Waals surface area contributed by atoms with Gasteiger partial charge in [0.05, 0.1) is 18.4 Å². The van der Waals surface area contributed by atoms with Crippen molar-refractivity contribution in [2.24, 2.45) is 5.92 Å². The predicted octanol–water partition coefficient (Wildman–Crippen LogP) is 1.69. The Morgan fingerprint density at radius 2 is 2.15 bits per heavy atom. The van der Waals surface area contributed by atoms with Crippen LogP contribution in [0.5, 0.6) is 0 Å². The summed E-state index contributed by atoms with van der Waals surface area (Å²) in [4.78, 5) is 39.2. The van der Waals surface area contributed by atoms with E-state index >= 15 is 0 Å². The third-order valence-corrected chi connectivity index (χ3v) is 5.75. The number of carbonyl (C=O) groups excluding carboxylic acids is 3. The van der Waals surface area contributed by atoms with Crippen molar-refractivity contribution in [3.63, 3.8) is 0 Å². The number of amides is 1. The van der Waals surface area contributed by atoms with Crippen LogP contribution in [0.25, 0.3) is 11.0 Å². The van der Waals surface area contributed by atoms with Crippen LogP contribution in [0.3, 0.4) is 0 Å². The van der Waals surface area contributed by atoms with Gasteiger partial charge in [0.25, 0.3) is 0 Å². The number of aldehydes is 1. The first kappa shape index (κ1) is 18.0. The number of carbonyl (C=O) groups is 3. The molecule has 7 heteroatoms. The summed E-state index contributed by atoms with van der Waals surface area (Å²) in [5, 5.41) is 4.01. The second-order valence-corrected chi connectivity index (χ2v) is 7.60. The molecule has 0 spiro atoms. The van der Waals surface area contributed by atoms with E-state index in [-0.39, 0.29) is 18.1 Å². The quantitative estimate of drug-likeness (QED) is 0.624. The highest BCUT2D eigenvalue weighted by Gasteiger charge is 2.44. The number of Topliss-reactive ketones (excluding diaryl/α,β-unsaturated/α-hetero) is 1. The molecule has 6 nitrogen and oxygen atoms in total. The average Bonchev–Trinajstić information content (AvgIpc) is 3.37. The number of ketones is 1. The van der Waals surface area contributed by atoms with Gasteiger partial charge in [0.2, 0.25) is 5.91 Å². The van der Waals surface area contributed by atoms with Crippen LogP contribution >= 0.6 is 12.2 Å². The number of fused-ring (bicyclic) bond motifs is 1. The minimum atomic E-state index is -0.699. The number of benzene rings is 1. The lowest BCUT2D eigenvalue weighted by Gasteiger charge is -2.26. The van der Waals surface area contributed by atoms with Crippen molar-refractivity contribution in [3.8, 4) is 0 Å². The van der Waals surface area contributed by atoms with Gasteiger partial charge in [0, 0.05) is 23.3 Å². The van der Waals surface area contributed by atoms with Crippen LogP contribution in [0.1, 0.15) is 18.6 Å². The molecule has 1 unspecified atom stereocenters. The fraction of sp³-hybridized carbons (Fsp3) is 0.400. The summed E-state index contributed by atoms with van der Waals surface area (Å²) < 4.78 is 5.74. The minimum absolute atomic E-state index is 0.0854. The fourth-order valence-corrected chi connectivity index (χ4v) is 4.36. The molecule has 1 amide bonds. The fourth-order valence-electron chi connectivity index (χ4n) is 4.01. The third kappa shape index (κ3) is 3.33. The molecule has 0 bridgehead atoms. The van der Waals surface area contributed by atoms with E-state index in [0.29, 0.717) is 30.1 Å². The number of rotatable bonds is 5. The van der Waals surface area contributed by atoms with Crippen LogP contribution in [-0.4, -0.2) is 52.9 Å². The Kier molecular flexibility index (Phi) is 4.88. The van der Waals surface area contributed by atoms with Gasteiger partial charge in [-0.2, -0.15) is 0 Å². The van der Waals surface area contributed by atoms with Crippen LogP contribution in [-0.2, 0) is 20.8 Å². The van der Waals surface area contributed by atoms with E-state index < -0.39 is 18.0 Å². The number of furan rings is 1. The molecule has 2 aliphatic heterocycles. The molecule has 2 aromatic rings. The second kappa shape index (κ2) is 7.32. The number of hydrogen-bond acceptors (Lipinski definition) is 6. The van der Waals surface area contributed by atoms with Crippen LogP contribution in [0, 0.1) is 5.92 Å². The number of hydrogen-bond donors (Lipinski definition) is 1. The molecule has 0 radical (unpaired) electrons. The van der Waals surface area contributed by atoms with E-state index in [9.17, 15) is 14.4 Å². The van der Waals surface area contributed by atoms with Crippen LogP contribution in [0.4, 0.5) is 0 Å². The molecule has 3 heterocycles. The zero-order valence-electron chi connectivity index (χ0n) is 14.7. The highest BCUT2D eigenvalue weighted by atomic mass is 32.1. The lowest BCUT2D eigenvalue weighted by molar-refractivity contribution is -0.138. The Labute approximate surface area is 161 Å². The van der Waals surface area contributed by atoms with Crippen LogP contribution in [0.2, 0.25) is 0 Å². The third-order valence-electron chi connectivity index (χ3n) is 5.35. The summed E-state index contributed by atoms with van der Waals surface area (Å²) in [5.74, 6) is -0.459. The van der Waals surface area contributed by atoms with Crippen molar-refractivity contribution in [1.29, 1.82) is 0 Å². The Bertz CT molecular complexity index is 889. The molecule has 2 saturated heterocycles. The normalized spacial score (nSPS) is 25.3. The maximum Gasteiger partial charge on any atom is 0.241 e. The number of thiocarbonyl (C=S) groups is 1. The summed E-state index contributed by atoms with van der Waals surface area (Å²) in [7, 11) is 0. The van der Waals surface area contributed by atoms with E-state index in [4.69, 9.17) is 16.6 Å². The molecule has 2 fully saturated rings. The first-order chi connectivity index (χ1) is 13.1. The molecular formula is C20H20N2O4S. The minimum Gasteiger partial charge on any atom is -0.461 e. The lowest BCUT2D eigenvalue weighted by atomic mass is 9.92. The standard InChI is InChI=1S/C20H20N2O4S/c23-11-13-5-3-7-22(13)20(25)19-18(17(27)10-21-19)15(24)9-14-8-12-4-1-2-6-16(12)26-14/h1-2,4,6,8,11,13,18-19,21H,3,5,7,9-10H2/t13-,18?,19-/m0/s1. The van der Waals surface area contributed by atoms with E-state index in [1.807, 2.05) is 30.3 Å². The van der Waals surface area contributed by atoms with Gasteiger partial charge in [-0.15, -0.1) is 0 Å². The smallest absolute Gasteiger partial charge is 0.241 e. The monoisotopic (exact) mass is 384 g/mol. The lowest BCUT2D eigenvalue weighted by Crippen LogP contribution is -2.50. The van der Waals surface area contributed by atoms with E-state index in [1.165, 1.54) is 0 Å². The van der Waals surface area contributed by atoms with Crippen LogP contribution in [0.15, 0.2) is 34.7 Å². The van der Waals surface area contributed by atoms with Crippen LogP contribution < -0.4 is 5.32 Å². The zero-order chi connectivity index (χ0) is 19.0. The van der Waals surface area contributed by atoms with Gasteiger partial charge in [-0.05, 0) is 25.0 Å². The van der Waals surface area contributed by atoms with E-state index in [1.54, 1.807) is 4.90 Å². The van der Waals surface area contributed by atoms with Crippen molar-refractivity contribution in [2.45, 2.75) is 31.3 Å². The Morgan fingerprint density at radius 3 is 2.93 bits per heavy atom. The molecule has 1 N–H and O–H groups in total. The maximum absolute atomic E-state index is 13.0. The summed E-state index contributed by atoms with van der Waals surface area (Å²) in [6.45, 7) is 0.888. The van der Waals surface area contributed by atoms with Crippen molar-refractivity contribution < 1.29 is 18.8 Å². The molecular weight excluding hydrogens is 364 g/mol. The largest absolute Gasteiger partial charge is 0.461 e. The molecule has 27 heavy (non-hydrogen) atoms.